The number of aromatic nitrogens is 3. The molecule has 0 saturated carbocycles. The van der Waals surface area contributed by atoms with Gasteiger partial charge in [0.25, 0.3) is 5.91 Å². The maximum Gasteiger partial charge on any atom is 0.339 e. The average Bonchev–Trinajstić information content (AvgIpc) is 3.09. The maximum atomic E-state index is 12.3. The second-order valence-corrected chi connectivity index (χ2v) is 6.08. The molecule has 2 N–H and O–H groups in total. The van der Waals surface area contributed by atoms with Crippen molar-refractivity contribution in [3.05, 3.63) is 53.0 Å². The Morgan fingerprint density at radius 3 is 2.76 bits per heavy atom. The van der Waals surface area contributed by atoms with E-state index in [0.717, 1.165) is 11.1 Å². The highest BCUT2D eigenvalue weighted by molar-refractivity contribution is 6.03. The van der Waals surface area contributed by atoms with E-state index >= 15 is 0 Å². The van der Waals surface area contributed by atoms with Crippen LogP contribution < -0.4 is 5.32 Å². The van der Waals surface area contributed by atoms with Gasteiger partial charge in [0.2, 0.25) is 0 Å². The summed E-state index contributed by atoms with van der Waals surface area (Å²) in [6.45, 7) is 2.48. The summed E-state index contributed by atoms with van der Waals surface area (Å²) in [6, 6.07) is 6.16. The van der Waals surface area contributed by atoms with Crippen molar-refractivity contribution in [2.45, 2.75) is 13.3 Å². The molecule has 0 fully saturated rings. The van der Waals surface area contributed by atoms with Crippen LogP contribution >= 0.6 is 0 Å². The van der Waals surface area contributed by atoms with Gasteiger partial charge in [-0.15, -0.1) is 0 Å². The highest BCUT2D eigenvalue weighted by atomic mass is 16.4. The smallest absolute Gasteiger partial charge is 0.339 e. The van der Waals surface area contributed by atoms with Crippen LogP contribution in [0, 0.1) is 6.92 Å². The first-order chi connectivity index (χ1) is 11.9. The van der Waals surface area contributed by atoms with Gasteiger partial charge in [0.05, 0.1) is 6.20 Å². The molecule has 0 atom stereocenters. The Morgan fingerprint density at radius 1 is 1.28 bits per heavy atom. The molecule has 0 aliphatic heterocycles. The number of carboxylic acid groups (broad SMARTS) is 1. The van der Waals surface area contributed by atoms with Crippen molar-refractivity contribution in [2.24, 2.45) is 14.1 Å². The average molecular weight is 340 g/mol. The number of hydrogen-bond acceptors (Lipinski definition) is 3. The van der Waals surface area contributed by atoms with E-state index in [1.165, 1.54) is 21.8 Å². The van der Waals surface area contributed by atoms with Crippen LogP contribution in [0.5, 0.6) is 0 Å². The lowest BCUT2D eigenvalue weighted by Crippen LogP contribution is -2.29. The van der Waals surface area contributed by atoms with Crippen molar-refractivity contribution in [3.63, 3.8) is 0 Å². The van der Waals surface area contributed by atoms with Gasteiger partial charge in [-0.25, -0.2) is 4.79 Å². The Kier molecular flexibility index (Phi) is 4.31. The predicted octanol–water partition coefficient (Wildman–Crippen LogP) is 1.89. The van der Waals surface area contributed by atoms with E-state index in [9.17, 15) is 9.59 Å². The van der Waals surface area contributed by atoms with Gasteiger partial charge in [-0.1, -0.05) is 12.1 Å². The Hall–Kier alpha value is -3.09. The second-order valence-electron chi connectivity index (χ2n) is 6.08. The SMILES string of the molecule is Cc1cccc2c1c(CCNC(=O)c1c(C(=O)O)cnn1C)cn2C. The summed E-state index contributed by atoms with van der Waals surface area (Å²) in [5, 5.41) is 17.0. The fourth-order valence-corrected chi connectivity index (χ4v) is 3.18. The number of nitrogens with one attached hydrogen (secondary N) is 1. The minimum atomic E-state index is -1.16. The predicted molar refractivity (Wildman–Crippen MR) is 93.9 cm³/mol. The van der Waals surface area contributed by atoms with E-state index in [-0.39, 0.29) is 11.3 Å². The summed E-state index contributed by atoms with van der Waals surface area (Å²) >= 11 is 0. The first-order valence-electron chi connectivity index (χ1n) is 7.97. The number of rotatable bonds is 5. The van der Waals surface area contributed by atoms with E-state index in [1.807, 2.05) is 13.1 Å². The maximum absolute atomic E-state index is 12.3. The Bertz CT molecular complexity index is 968. The molecule has 0 spiro atoms. The van der Waals surface area contributed by atoms with Crippen LogP contribution in [-0.2, 0) is 20.5 Å². The number of hydrogen-bond donors (Lipinski definition) is 2. The second kappa shape index (κ2) is 6.43. The van der Waals surface area contributed by atoms with Crippen molar-refractivity contribution in [1.29, 1.82) is 0 Å². The molecule has 2 aromatic heterocycles. The molecule has 0 bridgehead atoms. The molecule has 3 rings (SSSR count). The third-order valence-electron chi connectivity index (χ3n) is 4.37. The van der Waals surface area contributed by atoms with Crippen molar-refractivity contribution in [1.82, 2.24) is 19.7 Å². The quantitative estimate of drug-likeness (QED) is 0.742. The lowest BCUT2D eigenvalue weighted by atomic mass is 10.1. The fraction of sp³-hybridized carbons (Fsp3) is 0.278. The number of benzene rings is 1. The lowest BCUT2D eigenvalue weighted by molar-refractivity contribution is 0.0690. The van der Waals surface area contributed by atoms with Crippen molar-refractivity contribution in [2.75, 3.05) is 6.54 Å². The van der Waals surface area contributed by atoms with Gasteiger partial charge in [0.15, 0.2) is 0 Å². The Labute approximate surface area is 144 Å². The molecule has 1 amide bonds. The van der Waals surface area contributed by atoms with Crippen molar-refractivity contribution in [3.8, 4) is 0 Å². The van der Waals surface area contributed by atoms with Crippen molar-refractivity contribution >= 4 is 22.8 Å². The minimum absolute atomic E-state index is 0.0570. The molecule has 1 aromatic carbocycles. The summed E-state index contributed by atoms with van der Waals surface area (Å²) in [7, 11) is 3.55. The first kappa shape index (κ1) is 16.8. The number of fused-ring (bicyclic) bond motifs is 1. The van der Waals surface area contributed by atoms with Gasteiger partial charge in [-0.05, 0) is 30.5 Å². The van der Waals surface area contributed by atoms with E-state index in [1.54, 1.807) is 7.05 Å². The number of aryl methyl sites for hydroxylation is 3. The van der Waals surface area contributed by atoms with E-state index in [2.05, 4.69) is 40.2 Å². The lowest BCUT2D eigenvalue weighted by Gasteiger charge is -2.07. The van der Waals surface area contributed by atoms with Gasteiger partial charge in [0.1, 0.15) is 11.3 Å². The molecular weight excluding hydrogens is 320 g/mol. The molecule has 7 heteroatoms. The molecule has 25 heavy (non-hydrogen) atoms. The van der Waals surface area contributed by atoms with Crippen LogP contribution in [0.4, 0.5) is 0 Å². The molecule has 0 unspecified atom stereocenters. The van der Waals surface area contributed by atoms with Crippen LogP contribution in [0.3, 0.4) is 0 Å². The van der Waals surface area contributed by atoms with Crippen LogP contribution in [0.1, 0.15) is 32.0 Å². The van der Waals surface area contributed by atoms with Crippen LogP contribution in [0.25, 0.3) is 10.9 Å². The number of carboxylic acids is 1. The summed E-state index contributed by atoms with van der Waals surface area (Å²) in [6.07, 6.45) is 3.91. The molecule has 0 saturated heterocycles. The summed E-state index contributed by atoms with van der Waals surface area (Å²) in [5.41, 5.74) is 3.46. The van der Waals surface area contributed by atoms with Crippen molar-refractivity contribution < 1.29 is 14.7 Å². The van der Waals surface area contributed by atoms with Crippen LogP contribution in [0.2, 0.25) is 0 Å². The summed E-state index contributed by atoms with van der Waals surface area (Å²) in [4.78, 5) is 23.5. The normalized spacial score (nSPS) is 11.0. The molecule has 130 valence electrons. The van der Waals surface area contributed by atoms with E-state index < -0.39 is 11.9 Å². The van der Waals surface area contributed by atoms with Crippen LogP contribution in [0.15, 0.2) is 30.6 Å². The number of carbonyl (C=O) groups excluding carboxylic acids is 1. The van der Waals surface area contributed by atoms with Gasteiger partial charge in [-0.2, -0.15) is 5.10 Å². The summed E-state index contributed by atoms with van der Waals surface area (Å²) < 4.78 is 3.35. The molecular formula is C18H20N4O3. The number of carbonyl (C=O) groups is 2. The zero-order valence-corrected chi connectivity index (χ0v) is 14.4. The first-order valence-corrected chi connectivity index (χ1v) is 7.97. The highest BCUT2D eigenvalue weighted by Gasteiger charge is 2.21. The third kappa shape index (κ3) is 3.00. The molecule has 0 aliphatic rings. The van der Waals surface area contributed by atoms with Crippen LogP contribution in [-0.4, -0.2) is 37.9 Å². The van der Waals surface area contributed by atoms with Gasteiger partial charge in [0, 0.05) is 37.7 Å². The van der Waals surface area contributed by atoms with Gasteiger partial charge in [-0.3, -0.25) is 9.48 Å². The number of aromatic carboxylic acids is 1. The molecule has 3 aromatic rings. The Morgan fingerprint density at radius 2 is 2.04 bits per heavy atom. The standard InChI is InChI=1S/C18H20N4O3/c1-11-5-4-6-14-15(11)12(10-21(14)2)7-8-19-17(23)16-13(18(24)25)9-20-22(16)3/h4-6,9-10H,7-8H2,1-3H3,(H,19,23)(H,24,25). The molecule has 0 aliphatic carbocycles. The fourth-order valence-electron chi connectivity index (χ4n) is 3.18. The van der Waals surface area contributed by atoms with Gasteiger partial charge < -0.3 is 15.0 Å². The van der Waals surface area contributed by atoms with E-state index in [4.69, 9.17) is 5.11 Å². The van der Waals surface area contributed by atoms with E-state index in [0.29, 0.717) is 13.0 Å². The summed E-state index contributed by atoms with van der Waals surface area (Å²) in [5.74, 6) is -1.60. The Balaban J connectivity index is 1.75. The highest BCUT2D eigenvalue weighted by Crippen LogP contribution is 2.24. The van der Waals surface area contributed by atoms with Gasteiger partial charge >= 0.3 is 5.97 Å². The monoisotopic (exact) mass is 340 g/mol. The molecule has 2 heterocycles. The molecule has 0 radical (unpaired) electrons. The topological polar surface area (TPSA) is 89.2 Å². The number of nitrogens with zero attached hydrogens (tertiary/aromatic N) is 3. The zero-order valence-electron chi connectivity index (χ0n) is 14.4. The number of amides is 1. The minimum Gasteiger partial charge on any atom is -0.478 e. The third-order valence-corrected chi connectivity index (χ3v) is 4.37. The largest absolute Gasteiger partial charge is 0.478 e. The zero-order chi connectivity index (χ0) is 18.1. The molecule has 7 nitrogen and oxygen atoms in total.